The third kappa shape index (κ3) is 77.2. The molecule has 0 aliphatic rings. The Hall–Kier alpha value is -1.66. The summed E-state index contributed by atoms with van der Waals surface area (Å²) in [6, 6.07) is -0.537. The van der Waals surface area contributed by atoms with E-state index in [4.69, 9.17) is 4.74 Å². The predicted molar refractivity (Wildman–Crippen MR) is 403 cm³/mol. The van der Waals surface area contributed by atoms with Crippen molar-refractivity contribution >= 4 is 11.9 Å². The van der Waals surface area contributed by atoms with E-state index < -0.39 is 12.1 Å². The van der Waals surface area contributed by atoms with Crippen LogP contribution in [-0.2, 0) is 14.3 Å². The molecule has 3 N–H and O–H groups in total. The third-order valence-electron chi connectivity index (χ3n) is 20.0. The quantitative estimate of drug-likeness (QED) is 0.0320. The number of carbonyl (C=O) groups is 2. The maximum atomic E-state index is 12.6. The smallest absolute Gasteiger partial charge is 0.305 e. The van der Waals surface area contributed by atoms with E-state index in [9.17, 15) is 19.8 Å². The molecule has 0 aromatic heterocycles. The van der Waals surface area contributed by atoms with Gasteiger partial charge in [-0.3, -0.25) is 9.59 Å². The van der Waals surface area contributed by atoms with Crippen molar-refractivity contribution in [2.45, 2.75) is 495 Å². The largest absolute Gasteiger partial charge is 0.466 e. The van der Waals surface area contributed by atoms with Gasteiger partial charge in [0.25, 0.3) is 0 Å². The molecule has 540 valence electrons. The van der Waals surface area contributed by atoms with Crippen LogP contribution in [0.15, 0.2) is 24.3 Å². The van der Waals surface area contributed by atoms with Crippen LogP contribution in [0.5, 0.6) is 0 Å². The number of amides is 1. The molecule has 1 amide bonds. The van der Waals surface area contributed by atoms with E-state index in [1.807, 2.05) is 0 Å². The van der Waals surface area contributed by atoms with Gasteiger partial charge in [0, 0.05) is 12.8 Å². The number of carbonyl (C=O) groups excluding carboxylic acids is 2. The average Bonchev–Trinajstić information content (AvgIpc) is 3.66. The Morgan fingerprint density at radius 3 is 0.868 bits per heavy atom. The van der Waals surface area contributed by atoms with Crippen LogP contribution >= 0.6 is 0 Å². The topological polar surface area (TPSA) is 95.9 Å². The van der Waals surface area contributed by atoms with Gasteiger partial charge in [-0.05, 0) is 51.4 Å². The van der Waals surface area contributed by atoms with Crippen molar-refractivity contribution in [2.24, 2.45) is 0 Å². The van der Waals surface area contributed by atoms with Crippen LogP contribution in [0, 0.1) is 0 Å². The summed E-state index contributed by atoms with van der Waals surface area (Å²) >= 11 is 0. The standard InChI is InChI=1S/C85H165NO5/c1-3-5-7-9-11-13-15-17-19-20-21-41-44-47-50-53-57-61-65-69-73-77-83(88)82(81-87)86-84(89)78-74-70-66-62-58-54-51-48-45-42-39-37-35-33-31-29-27-25-23-22-24-26-28-30-32-34-36-38-40-43-46-49-52-56-60-64-68-72-76-80-91-85(90)79-75-71-67-63-59-55-18-16-14-12-10-8-6-4-2/h10,12,16,18,82-83,87-88H,3-9,11,13-15,17,19-81H2,1-2H3,(H,86,89)/b12-10-,18-16-. The van der Waals surface area contributed by atoms with Crippen LogP contribution in [0.1, 0.15) is 483 Å². The van der Waals surface area contributed by atoms with Gasteiger partial charge in [-0.15, -0.1) is 0 Å². The predicted octanol–water partition coefficient (Wildman–Crippen LogP) is 28.0. The molecule has 0 bridgehead atoms. The Morgan fingerprint density at radius 2 is 0.560 bits per heavy atom. The lowest BCUT2D eigenvalue weighted by Crippen LogP contribution is -2.45. The van der Waals surface area contributed by atoms with Crippen molar-refractivity contribution in [3.05, 3.63) is 24.3 Å². The van der Waals surface area contributed by atoms with Gasteiger partial charge in [0.15, 0.2) is 0 Å². The Morgan fingerprint density at radius 1 is 0.308 bits per heavy atom. The summed E-state index contributed by atoms with van der Waals surface area (Å²) in [5.41, 5.74) is 0. The van der Waals surface area contributed by atoms with Crippen molar-refractivity contribution in [3.63, 3.8) is 0 Å². The second-order valence-corrected chi connectivity index (χ2v) is 29.2. The lowest BCUT2D eigenvalue weighted by molar-refractivity contribution is -0.143. The average molecular weight is 1280 g/mol. The summed E-state index contributed by atoms with van der Waals surface area (Å²) in [6.45, 7) is 4.96. The second-order valence-electron chi connectivity index (χ2n) is 29.2. The number of nitrogens with one attached hydrogen (secondary N) is 1. The summed E-state index contributed by atoms with van der Waals surface area (Å²) in [5.74, 6) is -0.0129. The molecule has 0 rings (SSSR count). The molecule has 0 aromatic rings. The van der Waals surface area contributed by atoms with Gasteiger partial charge in [-0.25, -0.2) is 0 Å². The van der Waals surface area contributed by atoms with Gasteiger partial charge in [0.1, 0.15) is 0 Å². The molecule has 0 heterocycles. The first-order valence-corrected chi connectivity index (χ1v) is 42.1. The zero-order valence-corrected chi connectivity index (χ0v) is 62.1. The molecule has 0 fully saturated rings. The Kier molecular flexibility index (Phi) is 79.3. The maximum absolute atomic E-state index is 12.6. The molecule has 2 unspecified atom stereocenters. The van der Waals surface area contributed by atoms with E-state index in [1.165, 1.54) is 398 Å². The molecule has 0 spiro atoms. The summed E-state index contributed by atoms with van der Waals surface area (Å²) < 4.78 is 5.49. The summed E-state index contributed by atoms with van der Waals surface area (Å²) in [7, 11) is 0. The molecule has 6 heteroatoms. The SMILES string of the molecule is CCCC/C=C\C/C=C\CCCCCCCC(=O)OCCCCCCCCCCCCCCCCCCCCCCCCCCCCCCCCCCCCCCCCCC(=O)NC(CO)C(O)CCCCCCCCCCCCCCCCCCCCCCC. The van der Waals surface area contributed by atoms with E-state index in [0.29, 0.717) is 25.9 Å². The fraction of sp³-hybridized carbons (Fsp3) is 0.929. The molecule has 0 aliphatic carbocycles. The highest BCUT2D eigenvalue weighted by Gasteiger charge is 2.20. The molecule has 0 radical (unpaired) electrons. The minimum atomic E-state index is -0.661. The molecule has 0 saturated carbocycles. The molecule has 0 saturated heterocycles. The molecular formula is C85H165NO5. The van der Waals surface area contributed by atoms with Crippen molar-refractivity contribution in [3.8, 4) is 0 Å². The van der Waals surface area contributed by atoms with E-state index >= 15 is 0 Å². The van der Waals surface area contributed by atoms with Gasteiger partial charge < -0.3 is 20.3 Å². The van der Waals surface area contributed by atoms with Gasteiger partial charge in [-0.1, -0.05) is 443 Å². The number of hydrogen-bond acceptors (Lipinski definition) is 5. The van der Waals surface area contributed by atoms with Gasteiger partial charge in [-0.2, -0.15) is 0 Å². The van der Waals surface area contributed by atoms with Crippen LogP contribution < -0.4 is 5.32 Å². The second kappa shape index (κ2) is 80.8. The first kappa shape index (κ1) is 89.3. The number of ether oxygens (including phenoxy) is 1. The van der Waals surface area contributed by atoms with Crippen molar-refractivity contribution in [1.29, 1.82) is 0 Å². The number of aliphatic hydroxyl groups is 2. The first-order chi connectivity index (χ1) is 45.0. The van der Waals surface area contributed by atoms with Crippen LogP contribution in [-0.4, -0.2) is 47.4 Å². The number of unbranched alkanes of at least 4 members (excludes halogenated alkanes) is 65. The minimum Gasteiger partial charge on any atom is -0.466 e. The number of aliphatic hydroxyl groups excluding tert-OH is 2. The zero-order valence-electron chi connectivity index (χ0n) is 62.1. The van der Waals surface area contributed by atoms with Crippen molar-refractivity contribution in [2.75, 3.05) is 13.2 Å². The zero-order chi connectivity index (χ0) is 65.6. The van der Waals surface area contributed by atoms with Crippen LogP contribution in [0.4, 0.5) is 0 Å². The molecule has 2 atom stereocenters. The number of hydrogen-bond donors (Lipinski definition) is 3. The highest BCUT2D eigenvalue weighted by atomic mass is 16.5. The monoisotopic (exact) mass is 1280 g/mol. The van der Waals surface area contributed by atoms with Crippen molar-refractivity contribution < 1.29 is 24.5 Å². The van der Waals surface area contributed by atoms with Gasteiger partial charge in [0.2, 0.25) is 5.91 Å². The van der Waals surface area contributed by atoms with Crippen LogP contribution in [0.25, 0.3) is 0 Å². The molecular weight excluding hydrogens is 1110 g/mol. The summed E-state index contributed by atoms with van der Waals surface area (Å²) in [5, 5.41) is 23.5. The number of rotatable bonds is 80. The Balaban J connectivity index is 3.30. The number of allylic oxidation sites excluding steroid dienone is 4. The normalized spacial score (nSPS) is 12.5. The molecule has 0 aliphatic heterocycles. The van der Waals surface area contributed by atoms with Gasteiger partial charge in [0.05, 0.1) is 25.4 Å². The molecule has 91 heavy (non-hydrogen) atoms. The fourth-order valence-corrected chi connectivity index (χ4v) is 13.6. The fourth-order valence-electron chi connectivity index (χ4n) is 13.6. The lowest BCUT2D eigenvalue weighted by Gasteiger charge is -2.22. The van der Waals surface area contributed by atoms with Crippen molar-refractivity contribution in [1.82, 2.24) is 5.32 Å². The van der Waals surface area contributed by atoms with Crippen LogP contribution in [0.2, 0.25) is 0 Å². The van der Waals surface area contributed by atoms with E-state index in [1.54, 1.807) is 0 Å². The third-order valence-corrected chi connectivity index (χ3v) is 20.0. The Bertz CT molecular complexity index is 1430. The first-order valence-electron chi connectivity index (χ1n) is 42.1. The lowest BCUT2D eigenvalue weighted by atomic mass is 10.0. The summed E-state index contributed by atoms with van der Waals surface area (Å²) in [6.07, 6.45) is 104. The highest BCUT2D eigenvalue weighted by molar-refractivity contribution is 5.76. The minimum absolute atomic E-state index is 0.0102. The Labute approximate surface area is 571 Å². The van der Waals surface area contributed by atoms with E-state index in [0.717, 1.165) is 51.4 Å². The van der Waals surface area contributed by atoms with Crippen LogP contribution in [0.3, 0.4) is 0 Å². The van der Waals surface area contributed by atoms with Gasteiger partial charge >= 0.3 is 5.97 Å². The number of esters is 1. The highest BCUT2D eigenvalue weighted by Crippen LogP contribution is 2.21. The van der Waals surface area contributed by atoms with E-state index in [2.05, 4.69) is 43.5 Å². The summed E-state index contributed by atoms with van der Waals surface area (Å²) in [4.78, 5) is 24.6. The van der Waals surface area contributed by atoms with E-state index in [-0.39, 0.29) is 18.5 Å². The molecule has 0 aromatic carbocycles. The molecule has 6 nitrogen and oxygen atoms in total. The maximum Gasteiger partial charge on any atom is 0.305 e.